The maximum atomic E-state index is 8.74. The summed E-state index contributed by atoms with van der Waals surface area (Å²) in [6.45, 7) is 2.26. The molecule has 0 saturated carbocycles. The molecular weight excluding hydrogens is 252 g/mol. The van der Waals surface area contributed by atoms with Crippen molar-refractivity contribution in [3.63, 3.8) is 0 Å². The third-order valence-corrected chi connectivity index (χ3v) is 2.41. The topological polar surface area (TPSA) is 74.6 Å². The standard InChI is InChI=1S/C13H20.H2O4S/c1-2-3-4-5-7-10-13-11-8-6-9-12-13;1-5(2,3)4/h6,8-9,11-12H,2-5,7,10H2,1H3;(H2,1,2,3,4). The average molecular weight is 274 g/mol. The average Bonchev–Trinajstić information content (AvgIpc) is 2.28. The lowest BCUT2D eigenvalue weighted by molar-refractivity contribution is 0.381. The molecule has 0 saturated heterocycles. The van der Waals surface area contributed by atoms with Gasteiger partial charge in [-0.15, -0.1) is 0 Å². The van der Waals surface area contributed by atoms with Crippen LogP contribution in [-0.2, 0) is 16.8 Å². The maximum absolute atomic E-state index is 8.74. The minimum Gasteiger partial charge on any atom is -0.264 e. The molecule has 0 aliphatic carbocycles. The normalized spacial score (nSPS) is 10.6. The molecule has 0 fully saturated rings. The second-order valence-electron chi connectivity index (χ2n) is 4.10. The first-order valence-electron chi connectivity index (χ1n) is 6.17. The predicted molar refractivity (Wildman–Crippen MR) is 73.1 cm³/mol. The first kappa shape index (κ1) is 17.1. The van der Waals surface area contributed by atoms with E-state index in [9.17, 15) is 0 Å². The van der Waals surface area contributed by atoms with Crippen molar-refractivity contribution in [2.45, 2.75) is 45.4 Å². The summed E-state index contributed by atoms with van der Waals surface area (Å²) in [7, 11) is -4.67. The zero-order chi connectivity index (χ0) is 13.9. The lowest BCUT2D eigenvalue weighted by Gasteiger charge is -2.00. The van der Waals surface area contributed by atoms with Crippen molar-refractivity contribution < 1.29 is 17.5 Å². The SMILES string of the molecule is CCCCCCCc1ccccc1.O=S(=O)(O)O. The molecule has 104 valence electrons. The van der Waals surface area contributed by atoms with Gasteiger partial charge in [0.1, 0.15) is 0 Å². The summed E-state index contributed by atoms with van der Waals surface area (Å²) in [6, 6.07) is 10.8. The highest BCUT2D eigenvalue weighted by Crippen LogP contribution is 2.08. The summed E-state index contributed by atoms with van der Waals surface area (Å²) >= 11 is 0. The quantitative estimate of drug-likeness (QED) is 0.614. The van der Waals surface area contributed by atoms with Crippen molar-refractivity contribution in [1.82, 2.24) is 0 Å². The monoisotopic (exact) mass is 274 g/mol. The van der Waals surface area contributed by atoms with Crippen LogP contribution in [0, 0.1) is 0 Å². The van der Waals surface area contributed by atoms with E-state index in [-0.39, 0.29) is 0 Å². The molecule has 0 spiro atoms. The van der Waals surface area contributed by atoms with Crippen LogP contribution in [0.1, 0.15) is 44.6 Å². The number of rotatable bonds is 6. The summed E-state index contributed by atoms with van der Waals surface area (Å²) in [4.78, 5) is 0. The molecule has 0 aliphatic heterocycles. The molecule has 0 aromatic heterocycles. The van der Waals surface area contributed by atoms with Crippen LogP contribution in [0.15, 0.2) is 30.3 Å². The Balaban J connectivity index is 0.000000494. The molecule has 0 atom stereocenters. The smallest absolute Gasteiger partial charge is 0.264 e. The van der Waals surface area contributed by atoms with E-state index >= 15 is 0 Å². The van der Waals surface area contributed by atoms with Crippen LogP contribution in [0.3, 0.4) is 0 Å². The van der Waals surface area contributed by atoms with Crippen molar-refractivity contribution >= 4 is 10.4 Å². The van der Waals surface area contributed by atoms with Crippen molar-refractivity contribution in [2.75, 3.05) is 0 Å². The van der Waals surface area contributed by atoms with Gasteiger partial charge in [-0.1, -0.05) is 62.9 Å². The van der Waals surface area contributed by atoms with Gasteiger partial charge in [0.15, 0.2) is 0 Å². The van der Waals surface area contributed by atoms with Gasteiger partial charge in [0.25, 0.3) is 0 Å². The van der Waals surface area contributed by atoms with Gasteiger partial charge in [-0.2, -0.15) is 8.42 Å². The highest BCUT2D eigenvalue weighted by molar-refractivity contribution is 7.79. The minimum atomic E-state index is -4.67. The summed E-state index contributed by atoms with van der Waals surface area (Å²) in [5.74, 6) is 0. The van der Waals surface area contributed by atoms with E-state index in [1.165, 1.54) is 44.1 Å². The third kappa shape index (κ3) is 15.1. The van der Waals surface area contributed by atoms with Crippen LogP contribution in [0.2, 0.25) is 0 Å². The van der Waals surface area contributed by atoms with Gasteiger partial charge in [-0.3, -0.25) is 9.11 Å². The second-order valence-corrected chi connectivity index (χ2v) is 4.99. The predicted octanol–water partition coefficient (Wildman–Crippen LogP) is 3.55. The molecule has 0 bridgehead atoms. The molecule has 0 heterocycles. The van der Waals surface area contributed by atoms with Crippen LogP contribution in [0.25, 0.3) is 0 Å². The Morgan fingerprint density at radius 3 is 1.94 bits per heavy atom. The third-order valence-electron chi connectivity index (χ3n) is 2.41. The molecule has 2 N–H and O–H groups in total. The highest BCUT2D eigenvalue weighted by atomic mass is 32.3. The minimum absolute atomic E-state index is 1.25. The van der Waals surface area contributed by atoms with E-state index in [4.69, 9.17) is 17.5 Å². The van der Waals surface area contributed by atoms with Crippen LogP contribution in [0.5, 0.6) is 0 Å². The van der Waals surface area contributed by atoms with Crippen LogP contribution < -0.4 is 0 Å². The summed E-state index contributed by atoms with van der Waals surface area (Å²) in [5.41, 5.74) is 1.49. The molecule has 5 heteroatoms. The van der Waals surface area contributed by atoms with Gasteiger partial charge in [-0.25, -0.2) is 0 Å². The Kier molecular flexibility index (Phi) is 9.55. The molecule has 0 amide bonds. The fourth-order valence-electron chi connectivity index (χ4n) is 1.58. The van der Waals surface area contributed by atoms with Crippen LogP contribution in [0.4, 0.5) is 0 Å². The van der Waals surface area contributed by atoms with Crippen LogP contribution >= 0.6 is 0 Å². The van der Waals surface area contributed by atoms with Crippen molar-refractivity contribution in [2.24, 2.45) is 0 Å². The summed E-state index contributed by atoms with van der Waals surface area (Å²) in [5, 5.41) is 0. The second kappa shape index (κ2) is 10.1. The lowest BCUT2D eigenvalue weighted by Crippen LogP contribution is -1.89. The van der Waals surface area contributed by atoms with E-state index in [2.05, 4.69) is 37.3 Å². The van der Waals surface area contributed by atoms with Gasteiger partial charge in [-0.05, 0) is 18.4 Å². The molecule has 18 heavy (non-hydrogen) atoms. The van der Waals surface area contributed by atoms with Gasteiger partial charge >= 0.3 is 10.4 Å². The number of benzene rings is 1. The van der Waals surface area contributed by atoms with Gasteiger partial charge < -0.3 is 0 Å². The van der Waals surface area contributed by atoms with Gasteiger partial charge in [0.05, 0.1) is 0 Å². The molecule has 4 nitrogen and oxygen atoms in total. The van der Waals surface area contributed by atoms with E-state index in [0.29, 0.717) is 0 Å². The molecule has 1 aromatic rings. The molecule has 1 rings (SSSR count). The molecule has 0 aliphatic rings. The fourth-order valence-corrected chi connectivity index (χ4v) is 1.58. The Morgan fingerprint density at radius 2 is 1.44 bits per heavy atom. The number of aryl methyl sites for hydroxylation is 1. The molecular formula is C13H22O4S. The number of hydrogen-bond acceptors (Lipinski definition) is 2. The Bertz CT molecular complexity index is 379. The first-order valence-corrected chi connectivity index (χ1v) is 7.57. The Hall–Kier alpha value is -0.910. The summed E-state index contributed by atoms with van der Waals surface area (Å²) in [6.07, 6.45) is 8.14. The largest absolute Gasteiger partial charge is 0.394 e. The molecule has 1 aromatic carbocycles. The fraction of sp³-hybridized carbons (Fsp3) is 0.538. The van der Waals surface area contributed by atoms with Crippen molar-refractivity contribution in [1.29, 1.82) is 0 Å². The molecule has 0 unspecified atom stereocenters. The lowest BCUT2D eigenvalue weighted by atomic mass is 10.1. The van der Waals surface area contributed by atoms with Crippen molar-refractivity contribution in [3.05, 3.63) is 35.9 Å². The van der Waals surface area contributed by atoms with Crippen molar-refractivity contribution in [3.8, 4) is 0 Å². The maximum Gasteiger partial charge on any atom is 0.394 e. The first-order chi connectivity index (χ1) is 8.43. The zero-order valence-electron chi connectivity index (χ0n) is 10.7. The highest BCUT2D eigenvalue weighted by Gasteiger charge is 1.91. The number of hydrogen-bond donors (Lipinski definition) is 2. The summed E-state index contributed by atoms with van der Waals surface area (Å²) < 4.78 is 31.6. The molecule has 0 radical (unpaired) electrons. The van der Waals surface area contributed by atoms with Gasteiger partial charge in [0, 0.05) is 0 Å². The van der Waals surface area contributed by atoms with E-state index in [1.54, 1.807) is 0 Å². The van der Waals surface area contributed by atoms with Gasteiger partial charge in [0.2, 0.25) is 0 Å². The van der Waals surface area contributed by atoms with E-state index in [0.717, 1.165) is 0 Å². The number of unbranched alkanes of at least 4 members (excludes halogenated alkanes) is 4. The Labute approximate surface area is 110 Å². The zero-order valence-corrected chi connectivity index (χ0v) is 11.6. The Morgan fingerprint density at radius 1 is 0.944 bits per heavy atom. The van der Waals surface area contributed by atoms with Crippen LogP contribution in [-0.4, -0.2) is 17.5 Å². The van der Waals surface area contributed by atoms with E-state index < -0.39 is 10.4 Å². The van der Waals surface area contributed by atoms with E-state index in [1.807, 2.05) is 0 Å².